The molecule has 1 aromatic rings. The molecule has 0 heterocycles. The van der Waals surface area contributed by atoms with E-state index in [1.165, 1.54) is 19.3 Å². The van der Waals surface area contributed by atoms with Crippen LogP contribution in [0.2, 0.25) is 0 Å². The lowest BCUT2D eigenvalue weighted by Gasteiger charge is -2.08. The molecule has 2 rings (SSSR count). The minimum Gasteiger partial charge on any atom is -0.494 e. The molecule has 1 N–H and O–H groups in total. The van der Waals surface area contributed by atoms with Gasteiger partial charge in [0.15, 0.2) is 0 Å². The lowest BCUT2D eigenvalue weighted by molar-refractivity contribution is 0.199. The average Bonchev–Trinajstić information content (AvgIpc) is 3.02. The van der Waals surface area contributed by atoms with E-state index in [4.69, 9.17) is 4.74 Å². The molecule has 0 aliphatic heterocycles. The SMILES string of the molecule is C[C@@H](O)c1ccc(OCCC2CC2)cc1. The first-order valence-corrected chi connectivity index (χ1v) is 5.66. The van der Waals surface area contributed by atoms with E-state index < -0.39 is 6.10 Å². The van der Waals surface area contributed by atoms with Gasteiger partial charge >= 0.3 is 0 Å². The molecular formula is C13H18O2. The molecular weight excluding hydrogens is 188 g/mol. The predicted octanol–water partition coefficient (Wildman–Crippen LogP) is 2.92. The molecule has 1 saturated carbocycles. The molecule has 15 heavy (non-hydrogen) atoms. The third kappa shape index (κ3) is 3.24. The van der Waals surface area contributed by atoms with Gasteiger partial charge in [0.05, 0.1) is 12.7 Å². The van der Waals surface area contributed by atoms with Crippen molar-refractivity contribution in [1.29, 1.82) is 0 Å². The Morgan fingerprint density at radius 1 is 1.33 bits per heavy atom. The van der Waals surface area contributed by atoms with Crippen molar-refractivity contribution in [3.63, 3.8) is 0 Å². The van der Waals surface area contributed by atoms with Crippen molar-refractivity contribution in [2.24, 2.45) is 5.92 Å². The number of ether oxygens (including phenoxy) is 1. The van der Waals surface area contributed by atoms with Crippen molar-refractivity contribution in [2.75, 3.05) is 6.61 Å². The van der Waals surface area contributed by atoms with Gasteiger partial charge in [-0.25, -0.2) is 0 Å². The second-order valence-corrected chi connectivity index (χ2v) is 4.33. The van der Waals surface area contributed by atoms with Crippen LogP contribution in [0.15, 0.2) is 24.3 Å². The van der Waals surface area contributed by atoms with Crippen LogP contribution >= 0.6 is 0 Å². The minimum absolute atomic E-state index is 0.398. The van der Waals surface area contributed by atoms with Crippen LogP contribution in [0.3, 0.4) is 0 Å². The Balaban J connectivity index is 1.80. The third-order valence-electron chi connectivity index (χ3n) is 2.85. The Bertz CT molecular complexity index is 299. The van der Waals surface area contributed by atoms with E-state index in [-0.39, 0.29) is 0 Å². The summed E-state index contributed by atoms with van der Waals surface area (Å²) >= 11 is 0. The molecule has 0 aromatic heterocycles. The van der Waals surface area contributed by atoms with Crippen molar-refractivity contribution in [3.05, 3.63) is 29.8 Å². The molecule has 2 heteroatoms. The van der Waals surface area contributed by atoms with Gasteiger partial charge in [0, 0.05) is 0 Å². The van der Waals surface area contributed by atoms with Crippen molar-refractivity contribution >= 4 is 0 Å². The number of aliphatic hydroxyl groups is 1. The van der Waals surface area contributed by atoms with Crippen LogP contribution in [-0.4, -0.2) is 11.7 Å². The van der Waals surface area contributed by atoms with Crippen LogP contribution in [-0.2, 0) is 0 Å². The Morgan fingerprint density at radius 2 is 2.00 bits per heavy atom. The maximum Gasteiger partial charge on any atom is 0.119 e. The lowest BCUT2D eigenvalue weighted by Crippen LogP contribution is -1.98. The van der Waals surface area contributed by atoms with E-state index >= 15 is 0 Å². The summed E-state index contributed by atoms with van der Waals surface area (Å²) < 4.78 is 5.61. The molecule has 0 unspecified atom stereocenters. The van der Waals surface area contributed by atoms with Crippen LogP contribution in [0.5, 0.6) is 5.75 Å². The average molecular weight is 206 g/mol. The second-order valence-electron chi connectivity index (χ2n) is 4.33. The quantitative estimate of drug-likeness (QED) is 0.802. The van der Waals surface area contributed by atoms with Gasteiger partial charge in [-0.3, -0.25) is 0 Å². The highest BCUT2D eigenvalue weighted by atomic mass is 16.5. The molecule has 1 aliphatic rings. The highest BCUT2D eigenvalue weighted by Gasteiger charge is 2.20. The molecule has 2 nitrogen and oxygen atoms in total. The summed E-state index contributed by atoms with van der Waals surface area (Å²) in [5.41, 5.74) is 0.935. The summed E-state index contributed by atoms with van der Waals surface area (Å²) in [5, 5.41) is 9.33. The van der Waals surface area contributed by atoms with Gasteiger partial charge in [-0.15, -0.1) is 0 Å². The van der Waals surface area contributed by atoms with E-state index in [9.17, 15) is 5.11 Å². The first-order valence-electron chi connectivity index (χ1n) is 5.66. The summed E-state index contributed by atoms with van der Waals surface area (Å²) in [6.45, 7) is 2.58. The summed E-state index contributed by atoms with van der Waals surface area (Å²) in [6, 6.07) is 7.68. The minimum atomic E-state index is -0.398. The Morgan fingerprint density at radius 3 is 2.53 bits per heavy atom. The Labute approximate surface area is 90.9 Å². The first kappa shape index (κ1) is 10.5. The fraction of sp³-hybridized carbons (Fsp3) is 0.538. The van der Waals surface area contributed by atoms with E-state index in [1.807, 2.05) is 24.3 Å². The zero-order valence-corrected chi connectivity index (χ0v) is 9.15. The standard InChI is InChI=1S/C13H18O2/c1-10(14)12-4-6-13(7-5-12)15-9-8-11-2-3-11/h4-7,10-11,14H,2-3,8-9H2,1H3/t10-/m1/s1. The number of aliphatic hydroxyl groups excluding tert-OH is 1. The number of rotatable bonds is 5. The summed E-state index contributed by atoms with van der Waals surface area (Å²) in [5.74, 6) is 1.82. The highest BCUT2D eigenvalue weighted by Crippen LogP contribution is 2.32. The first-order chi connectivity index (χ1) is 7.25. The smallest absolute Gasteiger partial charge is 0.119 e. The van der Waals surface area contributed by atoms with Gasteiger partial charge in [0.1, 0.15) is 5.75 Å². The zero-order chi connectivity index (χ0) is 10.7. The van der Waals surface area contributed by atoms with Gasteiger partial charge in [-0.2, -0.15) is 0 Å². The number of benzene rings is 1. The predicted molar refractivity (Wildman–Crippen MR) is 59.9 cm³/mol. The van der Waals surface area contributed by atoms with Crippen molar-refractivity contribution in [3.8, 4) is 5.75 Å². The van der Waals surface area contributed by atoms with E-state index in [0.29, 0.717) is 0 Å². The summed E-state index contributed by atoms with van der Waals surface area (Å²) in [6.07, 6.45) is 3.54. The summed E-state index contributed by atoms with van der Waals surface area (Å²) in [4.78, 5) is 0. The van der Waals surface area contributed by atoms with E-state index in [2.05, 4.69) is 0 Å². The van der Waals surface area contributed by atoms with Crippen LogP contribution in [0.1, 0.15) is 37.9 Å². The second kappa shape index (κ2) is 4.67. The fourth-order valence-electron chi connectivity index (χ4n) is 1.59. The van der Waals surface area contributed by atoms with Gasteiger partial charge in [-0.1, -0.05) is 25.0 Å². The van der Waals surface area contributed by atoms with Gasteiger partial charge < -0.3 is 9.84 Å². The molecule has 0 saturated heterocycles. The monoisotopic (exact) mass is 206 g/mol. The highest BCUT2D eigenvalue weighted by molar-refractivity contribution is 5.28. The van der Waals surface area contributed by atoms with Crippen LogP contribution < -0.4 is 4.74 Å². The van der Waals surface area contributed by atoms with Crippen LogP contribution in [0.4, 0.5) is 0 Å². The third-order valence-corrected chi connectivity index (χ3v) is 2.85. The topological polar surface area (TPSA) is 29.5 Å². The summed E-state index contributed by atoms with van der Waals surface area (Å²) in [7, 11) is 0. The number of hydrogen-bond acceptors (Lipinski definition) is 2. The zero-order valence-electron chi connectivity index (χ0n) is 9.15. The van der Waals surface area contributed by atoms with Crippen molar-refractivity contribution in [1.82, 2.24) is 0 Å². The molecule has 1 aromatic carbocycles. The van der Waals surface area contributed by atoms with Crippen LogP contribution in [0, 0.1) is 5.92 Å². The van der Waals surface area contributed by atoms with Gasteiger partial charge in [0.2, 0.25) is 0 Å². The number of hydrogen-bond donors (Lipinski definition) is 1. The molecule has 82 valence electrons. The molecule has 1 fully saturated rings. The van der Waals surface area contributed by atoms with E-state index in [1.54, 1.807) is 6.92 Å². The van der Waals surface area contributed by atoms with E-state index in [0.717, 1.165) is 23.8 Å². The van der Waals surface area contributed by atoms with Gasteiger partial charge in [0.25, 0.3) is 0 Å². The van der Waals surface area contributed by atoms with Crippen LogP contribution in [0.25, 0.3) is 0 Å². The Hall–Kier alpha value is -1.02. The van der Waals surface area contributed by atoms with Crippen molar-refractivity contribution in [2.45, 2.75) is 32.3 Å². The lowest BCUT2D eigenvalue weighted by atomic mass is 10.1. The molecule has 1 aliphatic carbocycles. The maximum absolute atomic E-state index is 9.33. The molecule has 0 bridgehead atoms. The molecule has 0 amide bonds. The molecule has 0 radical (unpaired) electrons. The normalized spacial score (nSPS) is 17.5. The maximum atomic E-state index is 9.33. The Kier molecular flexibility index (Phi) is 3.27. The fourth-order valence-corrected chi connectivity index (χ4v) is 1.59. The van der Waals surface area contributed by atoms with Crippen molar-refractivity contribution < 1.29 is 9.84 Å². The van der Waals surface area contributed by atoms with Gasteiger partial charge in [-0.05, 0) is 37.0 Å². The molecule has 0 spiro atoms. The molecule has 1 atom stereocenters. The largest absolute Gasteiger partial charge is 0.494 e.